The smallest absolute Gasteiger partial charge is 0.268 e. The van der Waals surface area contributed by atoms with E-state index in [9.17, 15) is 2.74 Å². The molecule has 0 aliphatic rings. The fraction of sp³-hybridized carbons (Fsp3) is 0.100. The van der Waals surface area contributed by atoms with Crippen LogP contribution in [-0.2, 0) is 27.4 Å². The summed E-state index contributed by atoms with van der Waals surface area (Å²) in [5.74, 6) is 0.298. The van der Waals surface area contributed by atoms with Crippen LogP contribution >= 0.6 is 0 Å². The van der Waals surface area contributed by atoms with E-state index in [1.165, 1.54) is 12.3 Å². The molecule has 3 heterocycles. The van der Waals surface area contributed by atoms with Gasteiger partial charge in [0.15, 0.2) is 0 Å². The molecule has 8 aromatic carbocycles. The van der Waals surface area contributed by atoms with Crippen LogP contribution < -0.4 is 9.47 Å². The summed E-state index contributed by atoms with van der Waals surface area (Å²) < 4.78 is 137. The number of hydrogen-bond donors (Lipinski definition) is 0. The fourth-order valence-electron chi connectivity index (χ4n) is 8.38. The van der Waals surface area contributed by atoms with Crippen molar-refractivity contribution in [3.63, 3.8) is 0 Å². The molecule has 5 nitrogen and oxygen atoms in total. The first-order chi connectivity index (χ1) is 37.9. The van der Waals surface area contributed by atoms with E-state index in [1.54, 1.807) is 60.2 Å². The molecule has 0 aliphatic carbocycles. The first-order valence-electron chi connectivity index (χ1n) is 28.5. The minimum absolute atomic E-state index is 0. The molecule has 66 heavy (non-hydrogen) atoms. The maximum absolute atomic E-state index is 9.29. The minimum atomic E-state index is -2.65. The van der Waals surface area contributed by atoms with Gasteiger partial charge >= 0.3 is 0 Å². The van der Waals surface area contributed by atoms with Crippen LogP contribution in [0, 0.1) is 30.7 Å². The summed E-state index contributed by atoms with van der Waals surface area (Å²) in [4.78, 5) is 6.68. The third-order valence-electron chi connectivity index (χ3n) is 11.1. The molecule has 0 spiro atoms. The van der Waals surface area contributed by atoms with Gasteiger partial charge in [-0.1, -0.05) is 177 Å². The molecule has 11 aromatic rings. The van der Waals surface area contributed by atoms with Gasteiger partial charge in [-0.25, -0.2) is 4.98 Å². The van der Waals surface area contributed by atoms with Crippen LogP contribution in [0.15, 0.2) is 200 Å². The summed E-state index contributed by atoms with van der Waals surface area (Å²) in [6.07, 6.45) is 2.61. The minimum Gasteiger partial charge on any atom is -0.359 e. The SMILES string of the molecule is [2H]c1c([2H])c([2H])c(-c2cccc(-c3c([2H])c([2H])c([2H])c([2H])c3[2H])c2-[n+]2[c-]n(-c3[c-]c(N(c4[c-]c5c(cc4)c4ccccc4n5-c4cc(C([2H])([2H])C(C)(C)C)c(C([2H])([2H])[2H])cn4)c4ccccc4)ccc3)c3ccccc32)c([2H])c1[2H].[Pt]. The number of aromatic nitrogens is 4. The van der Waals surface area contributed by atoms with Crippen LogP contribution in [0.1, 0.15) is 52.5 Å². The first kappa shape index (κ1) is 28.5. The molecule has 0 aliphatic heterocycles. The molecule has 324 valence electrons. The average Bonchev–Trinajstić information content (AvgIpc) is 4.26. The topological polar surface area (TPSA) is 29.9 Å². The van der Waals surface area contributed by atoms with E-state index in [4.69, 9.17) is 22.8 Å². The second-order valence-corrected chi connectivity index (χ2v) is 16.5. The first-order valence-corrected chi connectivity index (χ1v) is 21.0. The molecule has 11 rings (SSSR count). The molecule has 0 fully saturated rings. The Morgan fingerprint density at radius 2 is 1.33 bits per heavy atom. The number of anilines is 3. The van der Waals surface area contributed by atoms with E-state index in [0.717, 1.165) is 22.0 Å². The molecule has 0 saturated carbocycles. The number of rotatable bonds is 9. The molecule has 0 saturated heterocycles. The van der Waals surface area contributed by atoms with Gasteiger partial charge in [0.05, 0.1) is 30.4 Å². The number of imidazole rings is 1. The number of pyridine rings is 1. The van der Waals surface area contributed by atoms with Gasteiger partial charge in [0.1, 0.15) is 5.82 Å². The summed E-state index contributed by atoms with van der Waals surface area (Å²) >= 11 is 0. The summed E-state index contributed by atoms with van der Waals surface area (Å²) in [7, 11) is 0. The molecule has 0 N–H and O–H groups in total. The molecule has 0 bridgehead atoms. The Kier molecular flexibility index (Phi) is 7.60. The van der Waals surface area contributed by atoms with Gasteiger partial charge in [-0.15, -0.1) is 23.6 Å². The number of nitrogens with zero attached hydrogens (tertiary/aromatic N) is 5. The molecule has 6 heteroatoms. The van der Waals surface area contributed by atoms with Crippen molar-refractivity contribution < 1.29 is 46.2 Å². The Labute approximate surface area is 422 Å². The van der Waals surface area contributed by atoms with Gasteiger partial charge in [-0.2, -0.15) is 24.3 Å². The fourth-order valence-corrected chi connectivity index (χ4v) is 8.38. The number of aryl methyl sites for hydroxylation is 1. The van der Waals surface area contributed by atoms with Crippen LogP contribution in [0.5, 0.6) is 0 Å². The van der Waals surface area contributed by atoms with E-state index >= 15 is 0 Å². The van der Waals surface area contributed by atoms with Crippen molar-refractivity contribution in [2.75, 3.05) is 4.90 Å². The maximum atomic E-state index is 9.29. The molecule has 3 aromatic heterocycles. The third kappa shape index (κ3) is 7.84. The number of para-hydroxylation sites is 5. The van der Waals surface area contributed by atoms with Crippen molar-refractivity contribution in [2.45, 2.75) is 34.0 Å². The zero-order chi connectivity index (χ0) is 57.1. The third-order valence-corrected chi connectivity index (χ3v) is 11.1. The van der Waals surface area contributed by atoms with Crippen molar-refractivity contribution in [2.24, 2.45) is 5.41 Å². The summed E-state index contributed by atoms with van der Waals surface area (Å²) in [5, 5.41) is 1.67. The predicted molar refractivity (Wildman–Crippen MR) is 267 cm³/mol. The summed E-state index contributed by atoms with van der Waals surface area (Å²) in [5.41, 5.74) is 3.53. The van der Waals surface area contributed by atoms with E-state index in [0.29, 0.717) is 39.4 Å². The van der Waals surface area contributed by atoms with Crippen molar-refractivity contribution in [3.05, 3.63) is 230 Å². The van der Waals surface area contributed by atoms with Crippen LogP contribution in [0.2, 0.25) is 0 Å². The van der Waals surface area contributed by atoms with Crippen molar-refractivity contribution in [1.29, 1.82) is 0 Å². The Bertz CT molecular complexity index is 4190. The largest absolute Gasteiger partial charge is 0.359 e. The Hall–Kier alpha value is -7.33. The average molecular weight is 1050 g/mol. The molecule has 0 unspecified atom stereocenters. The van der Waals surface area contributed by atoms with E-state index in [1.807, 2.05) is 107 Å². The quantitative estimate of drug-likeness (QED) is 0.107. The Morgan fingerprint density at radius 3 is 2.05 bits per heavy atom. The monoisotopic (exact) mass is 1050 g/mol. The van der Waals surface area contributed by atoms with E-state index in [2.05, 4.69) is 18.5 Å². The zero-order valence-electron chi connectivity index (χ0n) is 50.8. The summed E-state index contributed by atoms with van der Waals surface area (Å²) in [6.45, 7) is 2.54. The van der Waals surface area contributed by atoms with Gasteiger partial charge in [0, 0.05) is 45.3 Å². The molecular weight excluding hydrogens is 986 g/mol. The molecule has 0 amide bonds. The molecule has 0 atom stereocenters. The van der Waals surface area contributed by atoms with Crippen LogP contribution in [0.4, 0.5) is 17.1 Å². The van der Waals surface area contributed by atoms with Gasteiger partial charge in [-0.05, 0) is 87.4 Å². The van der Waals surface area contributed by atoms with Crippen LogP contribution in [0.25, 0.3) is 72.3 Å². The van der Waals surface area contributed by atoms with E-state index < -0.39 is 79.1 Å². The van der Waals surface area contributed by atoms with E-state index in [-0.39, 0.29) is 60.1 Å². The van der Waals surface area contributed by atoms with Crippen molar-refractivity contribution in [1.82, 2.24) is 14.1 Å². The van der Waals surface area contributed by atoms with Gasteiger partial charge in [0.2, 0.25) is 0 Å². The number of hydrogen-bond acceptors (Lipinski definition) is 2. The summed E-state index contributed by atoms with van der Waals surface area (Å²) in [6, 6.07) is 41.9. The van der Waals surface area contributed by atoms with Gasteiger partial charge in [-0.3, -0.25) is 4.57 Å². The second-order valence-electron chi connectivity index (χ2n) is 16.5. The number of benzene rings is 8. The van der Waals surface area contributed by atoms with Crippen molar-refractivity contribution >= 4 is 49.9 Å². The molecular formula is C60H47N5Pt-2. The van der Waals surface area contributed by atoms with Gasteiger partial charge < -0.3 is 14.0 Å². The van der Waals surface area contributed by atoms with Gasteiger partial charge in [0.25, 0.3) is 6.33 Å². The predicted octanol–water partition coefficient (Wildman–Crippen LogP) is 14.5. The zero-order valence-corrected chi connectivity index (χ0v) is 38.1. The Morgan fingerprint density at radius 1 is 0.682 bits per heavy atom. The Balaban J connectivity index is 0.00000736. The number of fused-ring (bicyclic) bond motifs is 4. The normalized spacial score (nSPS) is 15.2. The van der Waals surface area contributed by atoms with Crippen LogP contribution in [0.3, 0.4) is 0 Å². The molecule has 0 radical (unpaired) electrons. The standard InChI is InChI=1S/C60H47N5.Pt/c1-42-40-61-58(36-45(42)39-60(2,3)4)65-54-31-15-14-28-52(54)53-35-34-49(38-57(53)65)64(46-24-12-7-13-25-46)48-27-18-26-47(37-48)62-41-63(56-33-17-16-32-55(56)62)59-50(43-20-8-5-9-21-43)29-19-30-51(59)44-22-10-6-11-23-44;/h5-36,40H,39H2,1-4H3;/q-2;/i1D3,5D,6D,8D,9D,10D,11D,20D,21D,22D,23D,39D2;. The van der Waals surface area contributed by atoms with Crippen LogP contribution in [-0.4, -0.2) is 14.1 Å². The second kappa shape index (κ2) is 17.6. The van der Waals surface area contributed by atoms with Crippen molar-refractivity contribution in [3.8, 4) is 39.4 Å². The maximum Gasteiger partial charge on any atom is 0.268 e.